The van der Waals surface area contributed by atoms with E-state index >= 15 is 0 Å². The molecule has 1 aromatic carbocycles. The van der Waals surface area contributed by atoms with Gasteiger partial charge in [-0.1, -0.05) is 32.3 Å². The summed E-state index contributed by atoms with van der Waals surface area (Å²) in [6.45, 7) is 5.36. The Labute approximate surface area is 178 Å². The molecule has 0 aliphatic heterocycles. The number of rotatable bonds is 10. The van der Waals surface area contributed by atoms with Crippen molar-refractivity contribution in [1.82, 2.24) is 10.5 Å². The van der Waals surface area contributed by atoms with Crippen molar-refractivity contribution in [2.24, 2.45) is 0 Å². The summed E-state index contributed by atoms with van der Waals surface area (Å²) in [5.41, 5.74) is -1.48. The average molecular weight is 439 g/mol. The highest BCUT2D eigenvalue weighted by atomic mass is 19.1. The number of hydrogen-bond donors (Lipinski definition) is 4. The van der Waals surface area contributed by atoms with Gasteiger partial charge in [-0.15, -0.1) is 0 Å². The van der Waals surface area contributed by atoms with Crippen molar-refractivity contribution < 1.29 is 33.1 Å². The van der Waals surface area contributed by atoms with E-state index in [-0.39, 0.29) is 23.6 Å². The molecule has 0 saturated carbocycles. The summed E-state index contributed by atoms with van der Waals surface area (Å²) in [5.74, 6) is -3.22. The predicted octanol–water partition coefficient (Wildman–Crippen LogP) is 2.92. The molecule has 0 radical (unpaired) electrons. The molecule has 0 bridgehead atoms. The fraction of sp³-hybridized carbons (Fsp3) is 0.476. The highest BCUT2D eigenvalue weighted by Gasteiger charge is 2.31. The van der Waals surface area contributed by atoms with Crippen LogP contribution in [0.5, 0.6) is 0 Å². The number of anilines is 1. The Morgan fingerprint density at radius 2 is 1.71 bits per heavy atom. The van der Waals surface area contributed by atoms with Crippen molar-refractivity contribution in [2.75, 3.05) is 5.32 Å². The number of nitrogens with zero attached hydrogens (tertiary/aromatic N) is 1. The number of aliphatic hydroxyl groups excluding tert-OH is 1. The molecule has 1 aromatic heterocycles. The molecule has 2 rings (SSSR count). The number of nitrogens with one attached hydrogen (secondary N) is 2. The Hall–Kier alpha value is -2.85. The van der Waals surface area contributed by atoms with Crippen LogP contribution in [0.25, 0.3) is 0 Å². The maximum absolute atomic E-state index is 13.4. The smallest absolute Gasteiger partial charge is 0.254 e. The Bertz CT molecular complexity index is 894. The second-order valence-electron chi connectivity index (χ2n) is 7.26. The first-order valence-corrected chi connectivity index (χ1v) is 10.1. The lowest BCUT2D eigenvalue weighted by atomic mass is 9.94. The van der Waals surface area contributed by atoms with Crippen molar-refractivity contribution >= 4 is 17.6 Å². The SMILES string of the molecule is CCCC(NC(=O)[C@@H](O)c1cc(F)cc(F)c1)C(=O)Nc1cc(C(O)(CC)CC)on1. The summed E-state index contributed by atoms with van der Waals surface area (Å²) < 4.78 is 31.9. The van der Waals surface area contributed by atoms with Crippen molar-refractivity contribution in [3.05, 3.63) is 47.2 Å². The van der Waals surface area contributed by atoms with E-state index in [2.05, 4.69) is 15.8 Å². The van der Waals surface area contributed by atoms with Gasteiger partial charge in [0.2, 0.25) is 5.91 Å². The average Bonchev–Trinajstić information content (AvgIpc) is 3.20. The van der Waals surface area contributed by atoms with E-state index in [4.69, 9.17) is 4.52 Å². The van der Waals surface area contributed by atoms with Gasteiger partial charge in [-0.25, -0.2) is 8.78 Å². The maximum Gasteiger partial charge on any atom is 0.254 e. The number of amides is 2. The number of benzene rings is 1. The lowest BCUT2D eigenvalue weighted by Gasteiger charge is -2.21. The number of hydrogen-bond acceptors (Lipinski definition) is 6. The van der Waals surface area contributed by atoms with Crippen LogP contribution in [0.2, 0.25) is 0 Å². The minimum absolute atomic E-state index is 0.0587. The molecule has 0 aliphatic carbocycles. The maximum atomic E-state index is 13.4. The molecule has 0 saturated heterocycles. The van der Waals surface area contributed by atoms with Gasteiger partial charge in [0.1, 0.15) is 23.3 Å². The third-order valence-electron chi connectivity index (χ3n) is 5.05. The van der Waals surface area contributed by atoms with Crippen molar-refractivity contribution in [3.8, 4) is 0 Å². The van der Waals surface area contributed by atoms with Crippen LogP contribution in [0.3, 0.4) is 0 Å². The van der Waals surface area contributed by atoms with Crippen LogP contribution in [-0.4, -0.2) is 33.2 Å². The van der Waals surface area contributed by atoms with Gasteiger partial charge in [-0.3, -0.25) is 9.59 Å². The van der Waals surface area contributed by atoms with Crippen molar-refractivity contribution in [3.63, 3.8) is 0 Å². The molecular weight excluding hydrogens is 412 g/mol. The Morgan fingerprint density at radius 1 is 1.10 bits per heavy atom. The summed E-state index contributed by atoms with van der Waals surface area (Å²) in [5, 5.41) is 29.2. The highest BCUT2D eigenvalue weighted by Crippen LogP contribution is 2.30. The molecule has 2 amide bonds. The molecular formula is C21H27F2N3O5. The van der Waals surface area contributed by atoms with E-state index in [0.717, 1.165) is 12.1 Å². The fourth-order valence-electron chi connectivity index (χ4n) is 3.06. The number of aromatic nitrogens is 1. The molecule has 4 N–H and O–H groups in total. The van der Waals surface area contributed by atoms with Gasteiger partial charge in [0.25, 0.3) is 5.91 Å². The fourth-order valence-corrected chi connectivity index (χ4v) is 3.06. The van der Waals surface area contributed by atoms with Gasteiger partial charge < -0.3 is 25.4 Å². The summed E-state index contributed by atoms with van der Waals surface area (Å²) in [7, 11) is 0. The zero-order valence-corrected chi connectivity index (χ0v) is 17.6. The predicted molar refractivity (Wildman–Crippen MR) is 108 cm³/mol. The van der Waals surface area contributed by atoms with Crippen LogP contribution in [0.4, 0.5) is 14.6 Å². The van der Waals surface area contributed by atoms with E-state index in [9.17, 15) is 28.6 Å². The summed E-state index contributed by atoms with van der Waals surface area (Å²) in [6.07, 6.45) is -0.322. The van der Waals surface area contributed by atoms with E-state index in [0.29, 0.717) is 25.3 Å². The second kappa shape index (κ2) is 10.5. The van der Waals surface area contributed by atoms with Crippen molar-refractivity contribution in [2.45, 2.75) is 64.2 Å². The van der Waals surface area contributed by atoms with Crippen LogP contribution < -0.4 is 10.6 Å². The molecule has 2 atom stereocenters. The molecule has 0 fully saturated rings. The van der Waals surface area contributed by atoms with Crippen LogP contribution >= 0.6 is 0 Å². The highest BCUT2D eigenvalue weighted by molar-refractivity contribution is 5.97. The van der Waals surface area contributed by atoms with E-state index in [1.54, 1.807) is 20.8 Å². The van der Waals surface area contributed by atoms with Crippen LogP contribution in [-0.2, 0) is 15.2 Å². The molecule has 10 heteroatoms. The first-order chi connectivity index (χ1) is 14.6. The van der Waals surface area contributed by atoms with Crippen molar-refractivity contribution in [1.29, 1.82) is 0 Å². The van der Waals surface area contributed by atoms with Crippen LogP contribution in [0.1, 0.15) is 63.9 Å². The quantitative estimate of drug-likeness (QED) is 0.451. The summed E-state index contributed by atoms with van der Waals surface area (Å²) in [6, 6.07) is 2.65. The molecule has 8 nitrogen and oxygen atoms in total. The molecule has 170 valence electrons. The second-order valence-corrected chi connectivity index (χ2v) is 7.26. The monoisotopic (exact) mass is 439 g/mol. The van der Waals surface area contributed by atoms with E-state index in [1.807, 2.05) is 0 Å². The summed E-state index contributed by atoms with van der Waals surface area (Å²) in [4.78, 5) is 25.0. The minimum atomic E-state index is -1.86. The number of halogens is 2. The number of carbonyl (C=O) groups excluding carboxylic acids is 2. The number of carbonyl (C=O) groups is 2. The first kappa shape index (κ1) is 24.4. The molecule has 1 unspecified atom stereocenters. The Morgan fingerprint density at radius 3 is 2.26 bits per heavy atom. The van der Waals surface area contributed by atoms with Crippen LogP contribution in [0.15, 0.2) is 28.8 Å². The third-order valence-corrected chi connectivity index (χ3v) is 5.05. The first-order valence-electron chi connectivity index (χ1n) is 10.1. The number of aliphatic hydroxyl groups is 2. The van der Waals surface area contributed by atoms with Gasteiger partial charge in [0.15, 0.2) is 17.7 Å². The van der Waals surface area contributed by atoms with Gasteiger partial charge in [0.05, 0.1) is 0 Å². The molecule has 1 heterocycles. The summed E-state index contributed by atoms with van der Waals surface area (Å²) >= 11 is 0. The lowest BCUT2D eigenvalue weighted by Crippen LogP contribution is -2.45. The minimum Gasteiger partial charge on any atom is -0.382 e. The normalized spacial score (nSPS) is 13.5. The van der Waals surface area contributed by atoms with Gasteiger partial charge in [0, 0.05) is 12.1 Å². The van der Waals surface area contributed by atoms with Crippen LogP contribution in [0, 0.1) is 11.6 Å². The standard InChI is InChI=1S/C21H27F2N3O5/c1-4-7-15(24-20(29)18(27)12-8-13(22)10-14(23)9-12)19(28)25-17-11-16(31-26-17)21(30,5-2)6-3/h8-11,15,18,27,30H,4-7H2,1-3H3,(H,24,29)(H,25,26,28)/t15?,18-/m0/s1. The Balaban J connectivity index is 2.10. The lowest BCUT2D eigenvalue weighted by molar-refractivity contribution is -0.133. The molecule has 0 aliphatic rings. The van der Waals surface area contributed by atoms with Gasteiger partial charge in [-0.2, -0.15) is 0 Å². The Kier molecular flexibility index (Phi) is 8.23. The molecule has 0 spiro atoms. The molecule has 31 heavy (non-hydrogen) atoms. The molecule has 2 aromatic rings. The largest absolute Gasteiger partial charge is 0.382 e. The van der Waals surface area contributed by atoms with E-state index in [1.165, 1.54) is 6.07 Å². The van der Waals surface area contributed by atoms with Gasteiger partial charge in [-0.05, 0) is 37.0 Å². The topological polar surface area (TPSA) is 125 Å². The zero-order valence-electron chi connectivity index (χ0n) is 17.6. The van der Waals surface area contributed by atoms with E-state index < -0.39 is 41.2 Å². The zero-order chi connectivity index (χ0) is 23.2. The third kappa shape index (κ3) is 6.08. The van der Waals surface area contributed by atoms with Gasteiger partial charge >= 0.3 is 0 Å².